The minimum Gasteiger partial charge on any atom is -0.310 e. The topological polar surface area (TPSA) is 72.7 Å². The standard InChI is InChI=1S/C17H14ClN5O/c1-10-15-12(11-5-2-3-6-13(11)18)9-14(24)21-16(15)23(22-10)17-19-7-4-8-20-17/h2-8,12H,9H2,1H3,(H,21,24)/t12-/m0/s1. The molecule has 120 valence electrons. The van der Waals surface area contributed by atoms with Gasteiger partial charge in [0.25, 0.3) is 5.95 Å². The Kier molecular flexibility index (Phi) is 3.54. The van der Waals surface area contributed by atoms with Crippen LogP contribution in [0.2, 0.25) is 5.02 Å². The SMILES string of the molecule is Cc1nn(-c2ncccn2)c2c1[C@H](c1ccccc1Cl)CC(=O)N2. The van der Waals surface area contributed by atoms with E-state index in [-0.39, 0.29) is 11.8 Å². The Morgan fingerprint density at radius 1 is 1.21 bits per heavy atom. The molecule has 24 heavy (non-hydrogen) atoms. The third-order valence-corrected chi connectivity index (χ3v) is 4.47. The second-order valence-electron chi connectivity index (χ2n) is 5.63. The Hall–Kier alpha value is -2.73. The van der Waals surface area contributed by atoms with Gasteiger partial charge in [0.05, 0.1) is 5.69 Å². The second kappa shape index (κ2) is 5.72. The lowest BCUT2D eigenvalue weighted by Crippen LogP contribution is -2.25. The van der Waals surface area contributed by atoms with E-state index in [2.05, 4.69) is 20.4 Å². The van der Waals surface area contributed by atoms with E-state index in [1.54, 1.807) is 23.1 Å². The van der Waals surface area contributed by atoms with Gasteiger partial charge in [0.2, 0.25) is 5.91 Å². The monoisotopic (exact) mass is 339 g/mol. The fraction of sp³-hybridized carbons (Fsp3) is 0.176. The summed E-state index contributed by atoms with van der Waals surface area (Å²) in [7, 11) is 0. The largest absolute Gasteiger partial charge is 0.310 e. The van der Waals surface area contributed by atoms with Gasteiger partial charge < -0.3 is 5.32 Å². The maximum Gasteiger partial charge on any atom is 0.252 e. The molecule has 0 radical (unpaired) electrons. The zero-order valence-electron chi connectivity index (χ0n) is 12.9. The highest BCUT2D eigenvalue weighted by molar-refractivity contribution is 6.31. The van der Waals surface area contributed by atoms with Crippen molar-refractivity contribution in [3.8, 4) is 5.95 Å². The number of carbonyl (C=O) groups is 1. The summed E-state index contributed by atoms with van der Waals surface area (Å²) >= 11 is 6.36. The zero-order valence-corrected chi connectivity index (χ0v) is 13.7. The summed E-state index contributed by atoms with van der Waals surface area (Å²) in [6.07, 6.45) is 3.61. The average Bonchev–Trinajstić information content (AvgIpc) is 2.92. The van der Waals surface area contributed by atoms with Crippen LogP contribution in [-0.2, 0) is 4.79 Å². The number of nitrogens with zero attached hydrogens (tertiary/aromatic N) is 4. The van der Waals surface area contributed by atoms with Crippen LogP contribution in [0.1, 0.15) is 29.2 Å². The van der Waals surface area contributed by atoms with E-state index in [4.69, 9.17) is 11.6 Å². The first-order chi connectivity index (χ1) is 11.6. The molecule has 4 rings (SSSR count). The Morgan fingerprint density at radius 3 is 2.71 bits per heavy atom. The molecule has 0 unspecified atom stereocenters. The number of fused-ring (bicyclic) bond motifs is 1. The van der Waals surface area contributed by atoms with E-state index in [9.17, 15) is 4.79 Å². The molecule has 0 bridgehead atoms. The molecule has 7 heteroatoms. The quantitative estimate of drug-likeness (QED) is 0.778. The van der Waals surface area contributed by atoms with Gasteiger partial charge in [-0.15, -0.1) is 0 Å². The molecular weight excluding hydrogens is 326 g/mol. The minimum absolute atomic E-state index is 0.0792. The number of aryl methyl sites for hydroxylation is 1. The molecule has 1 N–H and O–H groups in total. The van der Waals surface area contributed by atoms with Crippen LogP contribution in [0.5, 0.6) is 0 Å². The van der Waals surface area contributed by atoms with E-state index in [1.807, 2.05) is 31.2 Å². The van der Waals surface area contributed by atoms with Crippen molar-refractivity contribution in [1.82, 2.24) is 19.7 Å². The molecule has 0 saturated carbocycles. The summed E-state index contributed by atoms with van der Waals surface area (Å²) in [4.78, 5) is 20.7. The van der Waals surface area contributed by atoms with Crippen molar-refractivity contribution in [1.29, 1.82) is 0 Å². The van der Waals surface area contributed by atoms with Crippen molar-refractivity contribution in [2.24, 2.45) is 0 Å². The highest BCUT2D eigenvalue weighted by Gasteiger charge is 2.33. The van der Waals surface area contributed by atoms with Gasteiger partial charge in [-0.25, -0.2) is 9.97 Å². The fourth-order valence-electron chi connectivity index (χ4n) is 3.12. The highest BCUT2D eigenvalue weighted by Crippen LogP contribution is 2.41. The number of aromatic nitrogens is 4. The first-order valence-corrected chi connectivity index (χ1v) is 7.94. The van der Waals surface area contributed by atoms with Crippen LogP contribution in [0, 0.1) is 6.92 Å². The first kappa shape index (κ1) is 14.8. The van der Waals surface area contributed by atoms with Crippen LogP contribution < -0.4 is 5.32 Å². The number of amides is 1. The van der Waals surface area contributed by atoms with Crippen LogP contribution in [-0.4, -0.2) is 25.7 Å². The minimum atomic E-state index is -0.139. The number of hydrogen-bond acceptors (Lipinski definition) is 4. The van der Waals surface area contributed by atoms with E-state index >= 15 is 0 Å². The van der Waals surface area contributed by atoms with Gasteiger partial charge in [0.1, 0.15) is 5.82 Å². The van der Waals surface area contributed by atoms with Gasteiger partial charge >= 0.3 is 0 Å². The number of anilines is 1. The summed E-state index contributed by atoms with van der Waals surface area (Å²) in [5, 5.41) is 8.09. The predicted octanol–water partition coefficient (Wildman–Crippen LogP) is 3.10. The molecule has 3 aromatic rings. The van der Waals surface area contributed by atoms with Crippen molar-refractivity contribution >= 4 is 23.3 Å². The molecule has 0 spiro atoms. The van der Waals surface area contributed by atoms with Crippen LogP contribution in [0.15, 0.2) is 42.7 Å². The first-order valence-electron chi connectivity index (χ1n) is 7.56. The molecule has 0 saturated heterocycles. The van der Waals surface area contributed by atoms with E-state index < -0.39 is 0 Å². The Labute approximate surface area is 143 Å². The van der Waals surface area contributed by atoms with E-state index in [1.165, 1.54) is 0 Å². The Balaban J connectivity index is 1.91. The number of nitrogens with one attached hydrogen (secondary N) is 1. The summed E-state index contributed by atoms with van der Waals surface area (Å²) in [6, 6.07) is 9.32. The smallest absolute Gasteiger partial charge is 0.252 e. The molecule has 1 aliphatic heterocycles. The molecule has 0 aliphatic carbocycles. The van der Waals surface area contributed by atoms with Gasteiger partial charge in [-0.2, -0.15) is 9.78 Å². The lowest BCUT2D eigenvalue weighted by atomic mass is 9.86. The Bertz CT molecular complexity index is 922. The van der Waals surface area contributed by atoms with E-state index in [0.717, 1.165) is 16.8 Å². The third-order valence-electron chi connectivity index (χ3n) is 4.12. The molecule has 6 nitrogen and oxygen atoms in total. The Morgan fingerprint density at radius 2 is 1.96 bits per heavy atom. The lowest BCUT2D eigenvalue weighted by Gasteiger charge is -2.24. The van der Waals surface area contributed by atoms with Gasteiger partial charge in [-0.05, 0) is 24.6 Å². The lowest BCUT2D eigenvalue weighted by molar-refractivity contribution is -0.116. The van der Waals surface area contributed by atoms with Gasteiger partial charge in [0, 0.05) is 35.3 Å². The number of benzene rings is 1. The van der Waals surface area contributed by atoms with Gasteiger partial charge in [0.15, 0.2) is 0 Å². The second-order valence-corrected chi connectivity index (χ2v) is 6.04. The third kappa shape index (κ3) is 2.35. The van der Waals surface area contributed by atoms with Crippen LogP contribution in [0.3, 0.4) is 0 Å². The van der Waals surface area contributed by atoms with Crippen molar-refractivity contribution in [2.75, 3.05) is 5.32 Å². The van der Waals surface area contributed by atoms with Gasteiger partial charge in [-0.1, -0.05) is 29.8 Å². The predicted molar refractivity (Wildman–Crippen MR) is 90.4 cm³/mol. The number of hydrogen-bond donors (Lipinski definition) is 1. The van der Waals surface area contributed by atoms with Crippen molar-refractivity contribution < 1.29 is 4.79 Å². The van der Waals surface area contributed by atoms with Crippen LogP contribution in [0.25, 0.3) is 5.95 Å². The number of rotatable bonds is 2. The van der Waals surface area contributed by atoms with E-state index in [0.29, 0.717) is 23.2 Å². The zero-order chi connectivity index (χ0) is 16.7. The average molecular weight is 340 g/mol. The fourth-order valence-corrected chi connectivity index (χ4v) is 3.38. The molecular formula is C17H14ClN5O. The highest BCUT2D eigenvalue weighted by atomic mass is 35.5. The summed E-state index contributed by atoms with van der Waals surface area (Å²) in [6.45, 7) is 1.92. The van der Waals surface area contributed by atoms with Crippen molar-refractivity contribution in [3.63, 3.8) is 0 Å². The molecule has 3 heterocycles. The van der Waals surface area contributed by atoms with Crippen LogP contribution in [0.4, 0.5) is 5.82 Å². The van der Waals surface area contributed by atoms with Crippen molar-refractivity contribution in [3.05, 3.63) is 64.6 Å². The summed E-state index contributed by atoms with van der Waals surface area (Å²) in [5.74, 6) is 0.811. The number of halogens is 1. The van der Waals surface area contributed by atoms with Gasteiger partial charge in [-0.3, -0.25) is 4.79 Å². The molecule has 1 aliphatic rings. The molecule has 0 fully saturated rings. The number of carbonyl (C=O) groups excluding carboxylic acids is 1. The molecule has 1 atom stereocenters. The maximum atomic E-state index is 12.3. The maximum absolute atomic E-state index is 12.3. The van der Waals surface area contributed by atoms with Crippen molar-refractivity contribution in [2.45, 2.75) is 19.3 Å². The molecule has 1 amide bonds. The molecule has 1 aromatic carbocycles. The summed E-state index contributed by atoms with van der Waals surface area (Å²) in [5.41, 5.74) is 2.70. The molecule has 2 aromatic heterocycles. The summed E-state index contributed by atoms with van der Waals surface area (Å²) < 4.78 is 1.57. The van der Waals surface area contributed by atoms with Crippen LogP contribution >= 0.6 is 11.6 Å². The normalized spacial score (nSPS) is 16.6.